The Morgan fingerprint density at radius 2 is 1.86 bits per heavy atom. The Kier molecular flexibility index (Phi) is 6.20. The Balaban J connectivity index is 1.74. The second-order valence-electron chi connectivity index (χ2n) is 6.30. The zero-order chi connectivity index (χ0) is 20.8. The molecule has 2 aromatic rings. The van der Waals surface area contributed by atoms with Gasteiger partial charge in [-0.15, -0.1) is 0 Å². The molecule has 2 amide bonds. The van der Waals surface area contributed by atoms with Crippen molar-refractivity contribution in [2.75, 3.05) is 12.1 Å². The van der Waals surface area contributed by atoms with Crippen molar-refractivity contribution in [3.8, 4) is 17.2 Å². The summed E-state index contributed by atoms with van der Waals surface area (Å²) in [6.45, 7) is 1.87. The molecule has 0 radical (unpaired) electrons. The molecule has 0 spiro atoms. The van der Waals surface area contributed by atoms with E-state index in [9.17, 15) is 14.7 Å². The fourth-order valence-corrected chi connectivity index (χ4v) is 2.76. The van der Waals surface area contributed by atoms with Crippen LogP contribution in [0.15, 0.2) is 54.6 Å². The molecule has 0 bridgehead atoms. The van der Waals surface area contributed by atoms with E-state index in [-0.39, 0.29) is 12.5 Å². The number of carbonyl (C=O) groups is 2. The summed E-state index contributed by atoms with van der Waals surface area (Å²) in [6.07, 6.45) is 1.16. The number of phenols is 1. The Morgan fingerprint density at radius 1 is 1.14 bits per heavy atom. The van der Waals surface area contributed by atoms with Gasteiger partial charge in [0, 0.05) is 23.7 Å². The number of amides is 2. The van der Waals surface area contributed by atoms with Crippen LogP contribution in [-0.4, -0.2) is 29.1 Å². The van der Waals surface area contributed by atoms with Gasteiger partial charge in [-0.05, 0) is 29.8 Å². The molecular weight excluding hydrogens is 380 g/mol. The Labute approximate surface area is 166 Å². The summed E-state index contributed by atoms with van der Waals surface area (Å²) >= 11 is 0. The van der Waals surface area contributed by atoms with E-state index in [1.165, 1.54) is 23.7 Å². The maximum atomic E-state index is 12.5. The standard InChI is InChI=1S/C20H20N2O7/c1-12(2-9-18(24)22-26)19(13-3-6-15(23)7-4-13)29-20(25)21-14-5-8-16-17(10-14)28-11-27-16/h2-10,12,19,23,26H,11H2,1H3,(H,21,25)(H,22,24)/b9-2+/t12-,19+/m0/s1. The summed E-state index contributed by atoms with van der Waals surface area (Å²) in [5.74, 6) is 0.0571. The lowest BCUT2D eigenvalue weighted by Gasteiger charge is -2.23. The number of anilines is 1. The first-order chi connectivity index (χ1) is 14.0. The van der Waals surface area contributed by atoms with Gasteiger partial charge in [0.05, 0.1) is 0 Å². The van der Waals surface area contributed by atoms with Crippen molar-refractivity contribution < 1.29 is 34.1 Å². The highest BCUT2D eigenvalue weighted by Gasteiger charge is 2.23. The fourth-order valence-electron chi connectivity index (χ4n) is 2.76. The Morgan fingerprint density at radius 3 is 2.59 bits per heavy atom. The van der Waals surface area contributed by atoms with Gasteiger partial charge in [0.25, 0.3) is 5.91 Å². The van der Waals surface area contributed by atoms with E-state index < -0.39 is 24.0 Å². The van der Waals surface area contributed by atoms with Gasteiger partial charge < -0.3 is 19.3 Å². The first kappa shape index (κ1) is 20.0. The molecular formula is C20H20N2O7. The lowest BCUT2D eigenvalue weighted by atomic mass is 9.96. The Hall–Kier alpha value is -3.72. The third-order valence-electron chi connectivity index (χ3n) is 4.21. The van der Waals surface area contributed by atoms with Gasteiger partial charge in [-0.3, -0.25) is 15.3 Å². The SMILES string of the molecule is C[C@@H](/C=C/C(=O)NO)[C@@H](OC(=O)Nc1ccc2c(c1)OCO2)c1ccc(O)cc1. The third-order valence-corrected chi connectivity index (χ3v) is 4.21. The average molecular weight is 400 g/mol. The van der Waals surface area contributed by atoms with E-state index in [1.807, 2.05) is 0 Å². The first-order valence-corrected chi connectivity index (χ1v) is 8.74. The number of nitrogens with one attached hydrogen (secondary N) is 2. The number of fused-ring (bicyclic) bond motifs is 1. The number of hydroxylamine groups is 1. The maximum Gasteiger partial charge on any atom is 0.412 e. The van der Waals surface area contributed by atoms with Crippen LogP contribution in [0.3, 0.4) is 0 Å². The third kappa shape index (κ3) is 5.17. The van der Waals surface area contributed by atoms with E-state index in [1.54, 1.807) is 37.3 Å². The van der Waals surface area contributed by atoms with E-state index >= 15 is 0 Å². The quantitative estimate of drug-likeness (QED) is 0.333. The number of ether oxygens (including phenoxy) is 3. The highest BCUT2D eigenvalue weighted by molar-refractivity contribution is 5.86. The molecule has 0 aromatic heterocycles. The van der Waals surface area contributed by atoms with Gasteiger partial charge in [0.2, 0.25) is 6.79 Å². The molecule has 1 aliphatic heterocycles. The van der Waals surface area contributed by atoms with Crippen LogP contribution in [0.4, 0.5) is 10.5 Å². The van der Waals surface area contributed by atoms with Crippen molar-refractivity contribution in [1.82, 2.24) is 5.48 Å². The zero-order valence-electron chi connectivity index (χ0n) is 15.5. The van der Waals surface area contributed by atoms with Crippen molar-refractivity contribution >= 4 is 17.7 Å². The molecule has 0 fully saturated rings. The second kappa shape index (κ2) is 8.98. The molecule has 1 aliphatic rings. The van der Waals surface area contributed by atoms with Crippen LogP contribution in [0.25, 0.3) is 0 Å². The van der Waals surface area contributed by atoms with Crippen molar-refractivity contribution in [2.45, 2.75) is 13.0 Å². The molecule has 0 unspecified atom stereocenters. The van der Waals surface area contributed by atoms with Crippen LogP contribution in [0, 0.1) is 5.92 Å². The van der Waals surface area contributed by atoms with Crippen LogP contribution in [0.5, 0.6) is 17.2 Å². The minimum Gasteiger partial charge on any atom is -0.508 e. The molecule has 0 saturated carbocycles. The smallest absolute Gasteiger partial charge is 0.412 e. The average Bonchev–Trinajstić information content (AvgIpc) is 3.18. The lowest BCUT2D eigenvalue weighted by Crippen LogP contribution is -2.22. The van der Waals surface area contributed by atoms with Gasteiger partial charge in [-0.25, -0.2) is 10.3 Å². The molecule has 9 nitrogen and oxygen atoms in total. The van der Waals surface area contributed by atoms with Crippen LogP contribution in [0.2, 0.25) is 0 Å². The van der Waals surface area contributed by atoms with Gasteiger partial charge in [0.1, 0.15) is 11.9 Å². The van der Waals surface area contributed by atoms with Crippen molar-refractivity contribution in [2.24, 2.45) is 5.92 Å². The van der Waals surface area contributed by atoms with Gasteiger partial charge in [-0.1, -0.05) is 25.1 Å². The molecule has 2 atom stereocenters. The number of aromatic hydroxyl groups is 1. The van der Waals surface area contributed by atoms with Crippen LogP contribution >= 0.6 is 0 Å². The highest BCUT2D eigenvalue weighted by atomic mass is 16.7. The van der Waals surface area contributed by atoms with E-state index in [0.29, 0.717) is 22.7 Å². The number of carbonyl (C=O) groups excluding carboxylic acids is 2. The van der Waals surface area contributed by atoms with Crippen LogP contribution in [-0.2, 0) is 9.53 Å². The predicted octanol–water partition coefficient (Wildman–Crippen LogP) is 3.11. The van der Waals surface area contributed by atoms with Crippen LogP contribution in [0.1, 0.15) is 18.6 Å². The molecule has 152 valence electrons. The van der Waals surface area contributed by atoms with E-state index in [2.05, 4.69) is 5.32 Å². The fraction of sp³-hybridized carbons (Fsp3) is 0.200. The summed E-state index contributed by atoms with van der Waals surface area (Å²) in [5.41, 5.74) is 2.58. The van der Waals surface area contributed by atoms with Gasteiger partial charge >= 0.3 is 6.09 Å². The summed E-state index contributed by atoms with van der Waals surface area (Å²) in [7, 11) is 0. The summed E-state index contributed by atoms with van der Waals surface area (Å²) in [5, 5.41) is 20.7. The first-order valence-electron chi connectivity index (χ1n) is 8.74. The molecule has 29 heavy (non-hydrogen) atoms. The lowest BCUT2D eigenvalue weighted by molar-refractivity contribution is -0.124. The minimum absolute atomic E-state index is 0.0696. The molecule has 9 heteroatoms. The molecule has 4 N–H and O–H groups in total. The molecule has 2 aromatic carbocycles. The largest absolute Gasteiger partial charge is 0.508 e. The van der Waals surface area contributed by atoms with E-state index in [4.69, 9.17) is 19.4 Å². The zero-order valence-corrected chi connectivity index (χ0v) is 15.5. The molecule has 3 rings (SSSR count). The molecule has 1 heterocycles. The number of hydrogen-bond donors (Lipinski definition) is 4. The molecule has 0 aliphatic carbocycles. The van der Waals surface area contributed by atoms with Crippen molar-refractivity contribution in [1.29, 1.82) is 0 Å². The highest BCUT2D eigenvalue weighted by Crippen LogP contribution is 2.34. The summed E-state index contributed by atoms with van der Waals surface area (Å²) in [4.78, 5) is 23.7. The molecule has 0 saturated heterocycles. The van der Waals surface area contributed by atoms with E-state index in [0.717, 1.165) is 6.08 Å². The van der Waals surface area contributed by atoms with Crippen LogP contribution < -0.4 is 20.3 Å². The van der Waals surface area contributed by atoms with Crippen molar-refractivity contribution in [3.63, 3.8) is 0 Å². The number of rotatable bonds is 6. The summed E-state index contributed by atoms with van der Waals surface area (Å²) in [6, 6.07) is 11.1. The maximum absolute atomic E-state index is 12.5. The monoisotopic (exact) mass is 400 g/mol. The minimum atomic E-state index is -0.757. The topological polar surface area (TPSA) is 126 Å². The predicted molar refractivity (Wildman–Crippen MR) is 102 cm³/mol. The van der Waals surface area contributed by atoms with Gasteiger partial charge in [-0.2, -0.15) is 0 Å². The second-order valence-corrected chi connectivity index (χ2v) is 6.30. The van der Waals surface area contributed by atoms with Crippen molar-refractivity contribution in [3.05, 3.63) is 60.2 Å². The number of benzene rings is 2. The number of hydrogen-bond acceptors (Lipinski definition) is 7. The Bertz CT molecular complexity index is 912. The summed E-state index contributed by atoms with van der Waals surface area (Å²) < 4.78 is 16.1. The van der Waals surface area contributed by atoms with Gasteiger partial charge in [0.15, 0.2) is 11.5 Å². The normalized spacial score (nSPS) is 14.3. The number of phenolic OH excluding ortho intramolecular Hbond substituents is 1.